The highest BCUT2D eigenvalue weighted by Gasteiger charge is 2.20. The molecule has 0 unspecified atom stereocenters. The Kier molecular flexibility index (Phi) is 9.88. The number of carbonyl (C=O) groups is 2. The molecule has 1 saturated heterocycles. The lowest BCUT2D eigenvalue weighted by Gasteiger charge is -2.33. The van der Waals surface area contributed by atoms with Crippen LogP contribution in [0.4, 0.5) is 0 Å². The normalized spacial score (nSPS) is 21.2. The fraction of sp³-hybridized carbons (Fsp3) is 0.773. The molecule has 1 heterocycles. The summed E-state index contributed by atoms with van der Waals surface area (Å²) in [5.74, 6) is -0.182. The Morgan fingerprint density at radius 2 is 1.39 bits per heavy atom. The topological polar surface area (TPSA) is 76.4 Å². The first-order valence-corrected chi connectivity index (χ1v) is 11.0. The zero-order valence-corrected chi connectivity index (χ0v) is 17.4. The summed E-state index contributed by atoms with van der Waals surface area (Å²) >= 11 is 0. The first kappa shape index (κ1) is 22.3. The molecule has 6 heteroatoms. The Labute approximate surface area is 169 Å². The van der Waals surface area contributed by atoms with Crippen molar-refractivity contribution in [2.45, 2.75) is 83.6 Å². The van der Waals surface area contributed by atoms with Crippen LogP contribution in [0.2, 0.25) is 0 Å². The number of nitrogens with zero attached hydrogens (tertiary/aromatic N) is 3. The van der Waals surface area contributed by atoms with Gasteiger partial charge >= 0.3 is 0 Å². The van der Waals surface area contributed by atoms with E-state index in [1.54, 1.807) is 18.0 Å². The van der Waals surface area contributed by atoms with Gasteiger partial charge in [-0.2, -0.15) is 5.26 Å². The second-order valence-electron chi connectivity index (χ2n) is 8.13. The lowest BCUT2D eigenvalue weighted by atomic mass is 9.97. The van der Waals surface area contributed by atoms with E-state index in [0.717, 1.165) is 25.7 Å². The van der Waals surface area contributed by atoms with Crippen molar-refractivity contribution in [3.05, 3.63) is 11.8 Å². The van der Waals surface area contributed by atoms with Crippen LogP contribution in [0, 0.1) is 11.3 Å². The number of hydrogen-bond donors (Lipinski definition) is 1. The Morgan fingerprint density at radius 3 is 1.86 bits per heavy atom. The van der Waals surface area contributed by atoms with Gasteiger partial charge in [-0.05, 0) is 12.8 Å². The van der Waals surface area contributed by atoms with Crippen LogP contribution in [-0.2, 0) is 9.59 Å². The average Bonchev–Trinajstić information content (AvgIpc) is 2.68. The molecular formula is C22H36N4O2. The van der Waals surface area contributed by atoms with Gasteiger partial charge in [-0.1, -0.05) is 57.8 Å². The maximum Gasteiger partial charge on any atom is 0.263 e. The van der Waals surface area contributed by atoms with E-state index in [9.17, 15) is 14.9 Å². The molecule has 2 aliphatic rings. The predicted octanol–water partition coefficient (Wildman–Crippen LogP) is 3.35. The highest BCUT2D eigenvalue weighted by Crippen LogP contribution is 2.17. The van der Waals surface area contributed by atoms with Gasteiger partial charge in [0.15, 0.2) is 0 Å². The number of nitrogens with one attached hydrogen (secondary N) is 1. The molecule has 1 saturated carbocycles. The van der Waals surface area contributed by atoms with Crippen molar-refractivity contribution >= 4 is 11.8 Å². The van der Waals surface area contributed by atoms with Gasteiger partial charge in [0.1, 0.15) is 11.6 Å². The molecule has 156 valence electrons. The molecule has 0 atom stereocenters. The van der Waals surface area contributed by atoms with Crippen molar-refractivity contribution in [2.24, 2.45) is 0 Å². The molecule has 2 fully saturated rings. The Balaban J connectivity index is 1.88. The Bertz CT molecular complexity index is 562. The quantitative estimate of drug-likeness (QED) is 0.594. The fourth-order valence-corrected chi connectivity index (χ4v) is 4.06. The highest BCUT2D eigenvalue weighted by atomic mass is 16.2. The maximum atomic E-state index is 12.7. The standard InChI is InChI=1S/C22H36N4O2/c1-19(27)26-15-13-25(14-16-26)18-20(17-23)22(28)24-21-11-9-7-5-3-2-4-6-8-10-12-21/h18,21H,2-16H2,1H3,(H,24,28)/b20-18-. The van der Waals surface area contributed by atoms with E-state index < -0.39 is 0 Å². The van der Waals surface area contributed by atoms with E-state index in [-0.39, 0.29) is 23.4 Å². The molecule has 0 aromatic rings. The zero-order chi connectivity index (χ0) is 20.2. The summed E-state index contributed by atoms with van der Waals surface area (Å²) in [6.45, 7) is 4.15. The van der Waals surface area contributed by atoms with Gasteiger partial charge in [0, 0.05) is 45.3 Å². The average molecular weight is 389 g/mol. The third-order valence-electron chi connectivity index (χ3n) is 5.88. The zero-order valence-electron chi connectivity index (χ0n) is 17.4. The smallest absolute Gasteiger partial charge is 0.263 e. The van der Waals surface area contributed by atoms with E-state index in [0.29, 0.717) is 26.2 Å². The Morgan fingerprint density at radius 1 is 0.893 bits per heavy atom. The molecular weight excluding hydrogens is 352 g/mol. The summed E-state index contributed by atoms with van der Waals surface area (Å²) in [7, 11) is 0. The van der Waals surface area contributed by atoms with E-state index in [1.165, 1.54) is 44.9 Å². The number of rotatable bonds is 3. The molecule has 0 spiro atoms. The molecule has 1 N–H and O–H groups in total. The van der Waals surface area contributed by atoms with Crippen LogP contribution in [-0.4, -0.2) is 53.8 Å². The van der Waals surface area contributed by atoms with Crippen molar-refractivity contribution in [2.75, 3.05) is 26.2 Å². The predicted molar refractivity (Wildman–Crippen MR) is 110 cm³/mol. The molecule has 1 aliphatic carbocycles. The summed E-state index contributed by atoms with van der Waals surface area (Å²) < 4.78 is 0. The number of nitriles is 1. The molecule has 1 aliphatic heterocycles. The summed E-state index contributed by atoms with van der Waals surface area (Å²) in [4.78, 5) is 27.9. The van der Waals surface area contributed by atoms with Crippen LogP contribution in [0.3, 0.4) is 0 Å². The molecule has 2 rings (SSSR count). The Hall–Kier alpha value is -2.03. The molecule has 0 radical (unpaired) electrons. The summed E-state index contributed by atoms with van der Waals surface area (Å²) in [5.41, 5.74) is 0.169. The number of piperazine rings is 1. The van der Waals surface area contributed by atoms with Crippen molar-refractivity contribution in [1.82, 2.24) is 15.1 Å². The van der Waals surface area contributed by atoms with E-state index >= 15 is 0 Å². The van der Waals surface area contributed by atoms with Crippen molar-refractivity contribution in [3.8, 4) is 6.07 Å². The van der Waals surface area contributed by atoms with Gasteiger partial charge in [0.05, 0.1) is 0 Å². The summed E-state index contributed by atoms with van der Waals surface area (Å²) in [5, 5.41) is 12.6. The second-order valence-corrected chi connectivity index (χ2v) is 8.13. The largest absolute Gasteiger partial charge is 0.373 e. The van der Waals surface area contributed by atoms with Crippen molar-refractivity contribution in [3.63, 3.8) is 0 Å². The third kappa shape index (κ3) is 7.92. The van der Waals surface area contributed by atoms with Crippen molar-refractivity contribution in [1.29, 1.82) is 5.26 Å². The monoisotopic (exact) mass is 388 g/mol. The lowest BCUT2D eigenvalue weighted by Crippen LogP contribution is -2.46. The fourth-order valence-electron chi connectivity index (χ4n) is 4.06. The van der Waals surface area contributed by atoms with Crippen LogP contribution in [0.5, 0.6) is 0 Å². The van der Waals surface area contributed by atoms with Gasteiger partial charge < -0.3 is 15.1 Å². The van der Waals surface area contributed by atoms with Crippen LogP contribution in [0.15, 0.2) is 11.8 Å². The number of amides is 2. The molecule has 0 aromatic carbocycles. The van der Waals surface area contributed by atoms with Crippen LogP contribution < -0.4 is 5.32 Å². The summed E-state index contributed by atoms with van der Waals surface area (Å²) in [6.07, 6.45) is 15.0. The molecule has 2 amide bonds. The van der Waals surface area contributed by atoms with Crippen LogP contribution >= 0.6 is 0 Å². The maximum absolute atomic E-state index is 12.7. The minimum atomic E-state index is -0.256. The molecule has 0 bridgehead atoms. The van der Waals surface area contributed by atoms with Gasteiger partial charge in [-0.25, -0.2) is 0 Å². The van der Waals surface area contributed by atoms with Gasteiger partial charge in [0.25, 0.3) is 5.91 Å². The minimum Gasteiger partial charge on any atom is -0.373 e. The molecule has 28 heavy (non-hydrogen) atoms. The van der Waals surface area contributed by atoms with Crippen molar-refractivity contribution < 1.29 is 9.59 Å². The SMILES string of the molecule is CC(=O)N1CCN(/C=C(/C#N)C(=O)NC2CCCCCCCCCCC2)CC1. The van der Waals surface area contributed by atoms with Gasteiger partial charge in [-0.3, -0.25) is 9.59 Å². The first-order valence-electron chi connectivity index (χ1n) is 11.0. The summed E-state index contributed by atoms with van der Waals surface area (Å²) in [6, 6.07) is 2.23. The molecule has 6 nitrogen and oxygen atoms in total. The minimum absolute atomic E-state index is 0.0735. The van der Waals surface area contributed by atoms with Gasteiger partial charge in [0.2, 0.25) is 5.91 Å². The van der Waals surface area contributed by atoms with E-state index in [1.807, 2.05) is 4.90 Å². The van der Waals surface area contributed by atoms with Gasteiger partial charge in [-0.15, -0.1) is 0 Å². The highest BCUT2D eigenvalue weighted by molar-refractivity contribution is 5.97. The lowest BCUT2D eigenvalue weighted by molar-refractivity contribution is -0.130. The number of hydrogen-bond acceptors (Lipinski definition) is 4. The third-order valence-corrected chi connectivity index (χ3v) is 5.88. The first-order chi connectivity index (χ1) is 13.6. The van der Waals surface area contributed by atoms with Crippen LogP contribution in [0.1, 0.15) is 77.6 Å². The number of carbonyl (C=O) groups excluding carboxylic acids is 2. The van der Waals surface area contributed by atoms with E-state index in [4.69, 9.17) is 0 Å². The van der Waals surface area contributed by atoms with Crippen LogP contribution in [0.25, 0.3) is 0 Å². The van der Waals surface area contributed by atoms with E-state index in [2.05, 4.69) is 11.4 Å². The molecule has 0 aromatic heterocycles. The second kappa shape index (κ2) is 12.4.